The maximum atomic E-state index is 13.0. The number of furan rings is 1. The van der Waals surface area contributed by atoms with Crippen LogP contribution in [0.15, 0.2) is 82.3 Å². The van der Waals surface area contributed by atoms with Crippen LogP contribution in [0.5, 0.6) is 0 Å². The number of carbonyl (C=O) groups is 1. The molecule has 6 nitrogen and oxygen atoms in total. The largest absolute Gasteiger partial charge is 0.467 e. The first-order valence-corrected chi connectivity index (χ1v) is 11.0. The van der Waals surface area contributed by atoms with Crippen LogP contribution >= 0.6 is 0 Å². The van der Waals surface area contributed by atoms with Gasteiger partial charge >= 0.3 is 0 Å². The zero-order valence-corrected chi connectivity index (χ0v) is 16.6. The predicted molar refractivity (Wildman–Crippen MR) is 109 cm³/mol. The van der Waals surface area contributed by atoms with Crippen LogP contribution in [0, 0.1) is 0 Å². The molecule has 0 bridgehead atoms. The van der Waals surface area contributed by atoms with Gasteiger partial charge in [0.05, 0.1) is 11.2 Å². The van der Waals surface area contributed by atoms with Crippen LogP contribution in [0.25, 0.3) is 0 Å². The summed E-state index contributed by atoms with van der Waals surface area (Å²) in [5.74, 6) is 0.235. The lowest BCUT2D eigenvalue weighted by Crippen LogP contribution is -2.30. The molecule has 150 valence electrons. The molecule has 7 heteroatoms. The summed E-state index contributed by atoms with van der Waals surface area (Å²) in [6.07, 6.45) is 3.28. The minimum absolute atomic E-state index is 0.140. The summed E-state index contributed by atoms with van der Waals surface area (Å²) >= 11 is 0. The van der Waals surface area contributed by atoms with Gasteiger partial charge in [0, 0.05) is 18.7 Å². The van der Waals surface area contributed by atoms with Gasteiger partial charge in [-0.3, -0.25) is 4.79 Å². The quantitative estimate of drug-likeness (QED) is 0.674. The van der Waals surface area contributed by atoms with Crippen LogP contribution < -0.4 is 5.32 Å². The molecular formula is C22H22N2O4S. The molecule has 29 heavy (non-hydrogen) atoms. The smallest absolute Gasteiger partial charge is 0.252 e. The zero-order valence-electron chi connectivity index (χ0n) is 15.8. The molecule has 0 radical (unpaired) electrons. The van der Waals surface area contributed by atoms with Crippen molar-refractivity contribution in [1.29, 1.82) is 0 Å². The SMILES string of the molecule is O=C(N[C@@H](c1ccccc1)c1ccco1)c1cccc(S(=O)(=O)N2CCCC2)c1. The highest BCUT2D eigenvalue weighted by Gasteiger charge is 2.28. The first kappa shape index (κ1) is 19.4. The molecule has 0 aliphatic carbocycles. The molecule has 0 spiro atoms. The Bertz CT molecular complexity index is 1070. The third-order valence-electron chi connectivity index (χ3n) is 5.04. The number of nitrogens with one attached hydrogen (secondary N) is 1. The summed E-state index contributed by atoms with van der Waals surface area (Å²) in [5, 5.41) is 2.96. The van der Waals surface area contributed by atoms with E-state index in [1.807, 2.05) is 30.3 Å². The van der Waals surface area contributed by atoms with Gasteiger partial charge in [-0.1, -0.05) is 36.4 Å². The fourth-order valence-corrected chi connectivity index (χ4v) is 5.07. The highest BCUT2D eigenvalue weighted by molar-refractivity contribution is 7.89. The lowest BCUT2D eigenvalue weighted by molar-refractivity contribution is 0.0938. The standard InChI is InChI=1S/C22H22N2O4S/c25-22(23-21(20-12-7-15-28-20)17-8-2-1-3-9-17)18-10-6-11-19(16-18)29(26,27)24-13-4-5-14-24/h1-3,6-12,15-16,21H,4-5,13-14H2,(H,23,25)/t21-/m0/s1. The monoisotopic (exact) mass is 410 g/mol. The first-order valence-electron chi connectivity index (χ1n) is 9.55. The maximum absolute atomic E-state index is 13.0. The van der Waals surface area contributed by atoms with Crippen molar-refractivity contribution in [2.45, 2.75) is 23.8 Å². The van der Waals surface area contributed by atoms with Gasteiger partial charge in [-0.25, -0.2) is 8.42 Å². The molecule has 2 heterocycles. The topological polar surface area (TPSA) is 79.6 Å². The van der Waals surface area contributed by atoms with Crippen LogP contribution in [-0.4, -0.2) is 31.7 Å². The maximum Gasteiger partial charge on any atom is 0.252 e. The lowest BCUT2D eigenvalue weighted by Gasteiger charge is -2.18. The second-order valence-corrected chi connectivity index (χ2v) is 8.91. The number of hydrogen-bond acceptors (Lipinski definition) is 4. The molecule has 1 amide bonds. The van der Waals surface area contributed by atoms with E-state index < -0.39 is 16.1 Å². The fraction of sp³-hybridized carbons (Fsp3) is 0.227. The molecule has 1 aliphatic heterocycles. The number of nitrogens with zero attached hydrogens (tertiary/aromatic N) is 1. The van der Waals surface area contributed by atoms with Gasteiger partial charge in [-0.15, -0.1) is 0 Å². The first-order chi connectivity index (χ1) is 14.1. The Balaban J connectivity index is 1.61. The number of hydrogen-bond donors (Lipinski definition) is 1. The Kier molecular flexibility index (Phi) is 5.51. The second-order valence-electron chi connectivity index (χ2n) is 6.97. The van der Waals surface area contributed by atoms with E-state index in [4.69, 9.17) is 4.42 Å². The van der Waals surface area contributed by atoms with Gasteiger partial charge in [0.25, 0.3) is 5.91 Å². The van der Waals surface area contributed by atoms with E-state index in [1.165, 1.54) is 16.4 Å². The fourth-order valence-electron chi connectivity index (χ4n) is 3.51. The van der Waals surface area contributed by atoms with Gasteiger partial charge in [0.1, 0.15) is 11.8 Å². The van der Waals surface area contributed by atoms with Gasteiger partial charge in [0.15, 0.2) is 0 Å². The van der Waals surface area contributed by atoms with E-state index in [0.29, 0.717) is 18.8 Å². The van der Waals surface area contributed by atoms with Gasteiger partial charge in [-0.05, 0) is 48.7 Å². The zero-order chi connectivity index (χ0) is 20.3. The number of benzene rings is 2. The van der Waals surface area contributed by atoms with Gasteiger partial charge in [0.2, 0.25) is 10.0 Å². The van der Waals surface area contributed by atoms with Crippen LogP contribution in [0.4, 0.5) is 0 Å². The summed E-state index contributed by atoms with van der Waals surface area (Å²) in [4.78, 5) is 13.1. The van der Waals surface area contributed by atoms with Crippen molar-refractivity contribution in [2.75, 3.05) is 13.1 Å². The van der Waals surface area contributed by atoms with E-state index in [2.05, 4.69) is 5.32 Å². The van der Waals surface area contributed by atoms with Crippen molar-refractivity contribution in [3.8, 4) is 0 Å². The number of carbonyl (C=O) groups excluding carboxylic acids is 1. The van der Waals surface area contributed by atoms with Crippen LogP contribution in [0.1, 0.15) is 40.6 Å². The molecule has 2 aromatic carbocycles. The third-order valence-corrected chi connectivity index (χ3v) is 6.93. The molecule has 1 saturated heterocycles. The Hall–Kier alpha value is -2.90. The van der Waals surface area contributed by atoms with E-state index in [9.17, 15) is 13.2 Å². The molecule has 1 aliphatic rings. The minimum Gasteiger partial charge on any atom is -0.467 e. The molecule has 1 atom stereocenters. The van der Waals surface area contributed by atoms with Crippen molar-refractivity contribution in [1.82, 2.24) is 9.62 Å². The molecule has 1 aromatic heterocycles. The average molecular weight is 410 g/mol. The van der Waals surface area contributed by atoms with E-state index in [1.54, 1.807) is 30.5 Å². The third kappa shape index (κ3) is 4.11. The lowest BCUT2D eigenvalue weighted by atomic mass is 10.0. The Morgan fingerprint density at radius 3 is 2.41 bits per heavy atom. The second kappa shape index (κ2) is 8.23. The van der Waals surface area contributed by atoms with Crippen molar-refractivity contribution in [3.63, 3.8) is 0 Å². The summed E-state index contributed by atoms with van der Waals surface area (Å²) in [7, 11) is -3.58. The van der Waals surface area contributed by atoms with E-state index in [-0.39, 0.29) is 16.4 Å². The van der Waals surface area contributed by atoms with Gasteiger partial charge in [-0.2, -0.15) is 4.31 Å². The van der Waals surface area contributed by atoms with Crippen LogP contribution in [-0.2, 0) is 10.0 Å². The Morgan fingerprint density at radius 2 is 1.72 bits per heavy atom. The average Bonchev–Trinajstić information content (AvgIpc) is 3.47. The summed E-state index contributed by atoms with van der Waals surface area (Å²) in [5.41, 5.74) is 1.16. The van der Waals surface area contributed by atoms with Crippen LogP contribution in [0.2, 0.25) is 0 Å². The molecular weight excluding hydrogens is 388 g/mol. The number of amides is 1. The van der Waals surface area contributed by atoms with Crippen molar-refractivity contribution >= 4 is 15.9 Å². The van der Waals surface area contributed by atoms with E-state index >= 15 is 0 Å². The van der Waals surface area contributed by atoms with Crippen molar-refractivity contribution in [3.05, 3.63) is 89.9 Å². The highest BCUT2D eigenvalue weighted by Crippen LogP contribution is 2.24. The van der Waals surface area contributed by atoms with Crippen LogP contribution in [0.3, 0.4) is 0 Å². The summed E-state index contributed by atoms with van der Waals surface area (Å²) in [6.45, 7) is 1.04. The van der Waals surface area contributed by atoms with E-state index in [0.717, 1.165) is 18.4 Å². The molecule has 0 unspecified atom stereocenters. The number of sulfonamides is 1. The summed E-state index contributed by atoms with van der Waals surface area (Å²) in [6, 6.07) is 18.8. The minimum atomic E-state index is -3.58. The molecule has 3 aromatic rings. The molecule has 1 N–H and O–H groups in total. The Labute approximate surface area is 170 Å². The van der Waals surface area contributed by atoms with Gasteiger partial charge < -0.3 is 9.73 Å². The van der Waals surface area contributed by atoms with Crippen molar-refractivity contribution < 1.29 is 17.6 Å². The summed E-state index contributed by atoms with van der Waals surface area (Å²) < 4.78 is 32.6. The number of rotatable bonds is 6. The normalized spacial score (nSPS) is 15.9. The van der Waals surface area contributed by atoms with Crippen molar-refractivity contribution in [2.24, 2.45) is 0 Å². The predicted octanol–water partition coefficient (Wildman–Crippen LogP) is 3.58. The molecule has 0 saturated carbocycles. The molecule has 4 rings (SSSR count). The highest BCUT2D eigenvalue weighted by atomic mass is 32.2. The molecule has 1 fully saturated rings. The Morgan fingerprint density at radius 1 is 0.966 bits per heavy atom.